The third-order valence-corrected chi connectivity index (χ3v) is 3.40. The predicted octanol–water partition coefficient (Wildman–Crippen LogP) is 3.51. The molecule has 0 radical (unpaired) electrons. The second-order valence-electron chi connectivity index (χ2n) is 4.23. The average Bonchev–Trinajstić information content (AvgIpc) is 2.37. The van der Waals surface area contributed by atoms with Crippen molar-refractivity contribution in [3.05, 3.63) is 53.1 Å². The van der Waals surface area contributed by atoms with Crippen LogP contribution in [0.3, 0.4) is 0 Å². The van der Waals surface area contributed by atoms with E-state index in [0.29, 0.717) is 5.82 Å². The molecule has 0 aliphatic carbocycles. The zero-order valence-electron chi connectivity index (χ0n) is 10.5. The summed E-state index contributed by atoms with van der Waals surface area (Å²) in [6, 6.07) is 13.6. The molecule has 3 nitrogen and oxygen atoms in total. The molecule has 94 valence electrons. The maximum Gasteiger partial charge on any atom is 0.131 e. The zero-order chi connectivity index (χ0) is 13.1. The Morgan fingerprint density at radius 2 is 1.89 bits per heavy atom. The minimum absolute atomic E-state index is 0.132. The molecule has 2 aromatic rings. The minimum atomic E-state index is 0.132. The number of halogens is 1. The lowest BCUT2D eigenvalue weighted by Crippen LogP contribution is -2.23. The molecule has 0 aliphatic rings. The Bertz CT molecular complexity index is 542. The van der Waals surface area contributed by atoms with Gasteiger partial charge in [-0.05, 0) is 30.7 Å². The third kappa shape index (κ3) is 2.57. The molecule has 1 atom stereocenters. The van der Waals surface area contributed by atoms with Gasteiger partial charge < -0.3 is 10.6 Å². The van der Waals surface area contributed by atoms with Crippen molar-refractivity contribution in [1.82, 2.24) is 4.98 Å². The molecular weight excluding hydrogens is 246 g/mol. The monoisotopic (exact) mass is 261 g/mol. The van der Waals surface area contributed by atoms with Crippen LogP contribution < -0.4 is 10.6 Å². The Labute approximate surface area is 112 Å². The van der Waals surface area contributed by atoms with Gasteiger partial charge in [-0.25, -0.2) is 4.98 Å². The van der Waals surface area contributed by atoms with E-state index < -0.39 is 0 Å². The molecule has 0 aliphatic heterocycles. The first-order valence-electron chi connectivity index (χ1n) is 5.79. The molecular formula is C14H16ClN3. The van der Waals surface area contributed by atoms with Crippen LogP contribution in [0, 0.1) is 0 Å². The number of aromatic nitrogens is 1. The van der Waals surface area contributed by atoms with Gasteiger partial charge >= 0.3 is 0 Å². The largest absolute Gasteiger partial charge is 0.384 e. The number of benzene rings is 1. The molecule has 0 fully saturated rings. The summed E-state index contributed by atoms with van der Waals surface area (Å²) < 4.78 is 0. The van der Waals surface area contributed by atoms with E-state index in [0.717, 1.165) is 16.4 Å². The minimum Gasteiger partial charge on any atom is -0.384 e. The number of rotatable bonds is 3. The van der Waals surface area contributed by atoms with Gasteiger partial charge in [0, 0.05) is 12.1 Å². The van der Waals surface area contributed by atoms with Gasteiger partial charge in [0.25, 0.3) is 0 Å². The Kier molecular flexibility index (Phi) is 3.72. The van der Waals surface area contributed by atoms with Crippen molar-refractivity contribution in [3.63, 3.8) is 0 Å². The van der Waals surface area contributed by atoms with Crippen molar-refractivity contribution in [2.75, 3.05) is 17.7 Å². The summed E-state index contributed by atoms with van der Waals surface area (Å²) in [5.41, 5.74) is 6.78. The summed E-state index contributed by atoms with van der Waals surface area (Å²) in [4.78, 5) is 6.36. The van der Waals surface area contributed by atoms with E-state index >= 15 is 0 Å². The molecule has 1 unspecified atom stereocenters. The second-order valence-corrected chi connectivity index (χ2v) is 4.64. The topological polar surface area (TPSA) is 42.1 Å². The van der Waals surface area contributed by atoms with Gasteiger partial charge in [0.15, 0.2) is 0 Å². The van der Waals surface area contributed by atoms with Gasteiger partial charge in [-0.1, -0.05) is 35.9 Å². The number of nitrogen functional groups attached to an aromatic ring is 1. The fraction of sp³-hybridized carbons (Fsp3) is 0.214. The predicted molar refractivity (Wildman–Crippen MR) is 76.9 cm³/mol. The summed E-state index contributed by atoms with van der Waals surface area (Å²) in [5, 5.41) is 0.765. The highest BCUT2D eigenvalue weighted by atomic mass is 35.5. The van der Waals surface area contributed by atoms with Crippen molar-refractivity contribution < 1.29 is 0 Å². The van der Waals surface area contributed by atoms with Crippen molar-refractivity contribution in [3.8, 4) is 0 Å². The lowest BCUT2D eigenvalue weighted by molar-refractivity contribution is 0.730. The quantitative estimate of drug-likeness (QED) is 0.919. The van der Waals surface area contributed by atoms with E-state index in [4.69, 9.17) is 17.3 Å². The molecule has 1 aromatic heterocycles. The van der Waals surface area contributed by atoms with Gasteiger partial charge in [-0.2, -0.15) is 0 Å². The van der Waals surface area contributed by atoms with Gasteiger partial charge in [0.1, 0.15) is 11.6 Å². The summed E-state index contributed by atoms with van der Waals surface area (Å²) in [7, 11) is 1.98. The number of nitrogens with two attached hydrogens (primary N) is 1. The van der Waals surface area contributed by atoms with E-state index in [2.05, 4.69) is 16.8 Å². The lowest BCUT2D eigenvalue weighted by Gasteiger charge is -2.27. The normalized spacial score (nSPS) is 12.2. The second kappa shape index (κ2) is 5.27. The molecule has 18 heavy (non-hydrogen) atoms. The molecule has 0 spiro atoms. The summed E-state index contributed by atoms with van der Waals surface area (Å²) in [6.07, 6.45) is 0. The van der Waals surface area contributed by atoms with Crippen LogP contribution >= 0.6 is 11.6 Å². The number of hydrogen-bond donors (Lipinski definition) is 1. The first-order valence-corrected chi connectivity index (χ1v) is 6.17. The maximum atomic E-state index is 6.21. The van der Waals surface area contributed by atoms with Crippen molar-refractivity contribution in [2.24, 2.45) is 0 Å². The number of anilines is 2. The molecule has 0 saturated heterocycles. The van der Waals surface area contributed by atoms with E-state index in [-0.39, 0.29) is 6.04 Å². The lowest BCUT2D eigenvalue weighted by atomic mass is 10.1. The van der Waals surface area contributed by atoms with Gasteiger partial charge in [0.05, 0.1) is 6.04 Å². The van der Waals surface area contributed by atoms with Crippen LogP contribution in [0.2, 0.25) is 5.02 Å². The van der Waals surface area contributed by atoms with Crippen LogP contribution in [0.15, 0.2) is 42.5 Å². The zero-order valence-corrected chi connectivity index (χ0v) is 11.2. The van der Waals surface area contributed by atoms with E-state index in [1.807, 2.05) is 43.4 Å². The van der Waals surface area contributed by atoms with Crippen molar-refractivity contribution in [2.45, 2.75) is 13.0 Å². The standard InChI is InChI=1S/C14H16ClN3/c1-10(11-6-3-4-7-12(11)15)18(2)14-9-5-8-13(16)17-14/h3-10H,1-2H3,(H2,16,17). The molecule has 1 heterocycles. The third-order valence-electron chi connectivity index (χ3n) is 3.05. The van der Waals surface area contributed by atoms with Crippen LogP contribution in [-0.2, 0) is 0 Å². The fourth-order valence-electron chi connectivity index (χ4n) is 1.86. The van der Waals surface area contributed by atoms with Crippen LogP contribution in [0.25, 0.3) is 0 Å². The van der Waals surface area contributed by atoms with Crippen molar-refractivity contribution >= 4 is 23.2 Å². The summed E-state index contributed by atoms with van der Waals surface area (Å²) in [5.74, 6) is 1.35. The summed E-state index contributed by atoms with van der Waals surface area (Å²) in [6.45, 7) is 2.09. The van der Waals surface area contributed by atoms with Crippen molar-refractivity contribution in [1.29, 1.82) is 0 Å². The number of hydrogen-bond acceptors (Lipinski definition) is 3. The highest BCUT2D eigenvalue weighted by molar-refractivity contribution is 6.31. The summed E-state index contributed by atoms with van der Waals surface area (Å²) >= 11 is 6.21. The van der Waals surface area contributed by atoms with Crippen LogP contribution in [0.5, 0.6) is 0 Å². The van der Waals surface area contributed by atoms with Crippen LogP contribution in [0.4, 0.5) is 11.6 Å². The van der Waals surface area contributed by atoms with Gasteiger partial charge in [-0.15, -0.1) is 0 Å². The Balaban J connectivity index is 2.29. The molecule has 0 bridgehead atoms. The first-order chi connectivity index (χ1) is 8.59. The highest BCUT2D eigenvalue weighted by Crippen LogP contribution is 2.29. The highest BCUT2D eigenvalue weighted by Gasteiger charge is 2.15. The van der Waals surface area contributed by atoms with E-state index in [9.17, 15) is 0 Å². The Hall–Kier alpha value is -1.74. The molecule has 2 rings (SSSR count). The van der Waals surface area contributed by atoms with E-state index in [1.54, 1.807) is 6.07 Å². The molecule has 4 heteroatoms. The molecule has 2 N–H and O–H groups in total. The smallest absolute Gasteiger partial charge is 0.131 e. The van der Waals surface area contributed by atoms with E-state index in [1.165, 1.54) is 0 Å². The SMILES string of the molecule is CC(c1ccccc1Cl)N(C)c1cccc(N)n1. The fourth-order valence-corrected chi connectivity index (χ4v) is 2.15. The molecule has 0 amide bonds. The van der Waals surface area contributed by atoms with Crippen LogP contribution in [-0.4, -0.2) is 12.0 Å². The van der Waals surface area contributed by atoms with Crippen LogP contribution in [0.1, 0.15) is 18.5 Å². The molecule has 1 aromatic carbocycles. The first kappa shape index (κ1) is 12.7. The maximum absolute atomic E-state index is 6.21. The van der Waals surface area contributed by atoms with Gasteiger partial charge in [0.2, 0.25) is 0 Å². The Morgan fingerprint density at radius 3 is 2.56 bits per heavy atom. The number of nitrogens with zero attached hydrogens (tertiary/aromatic N) is 2. The molecule has 0 saturated carbocycles. The van der Waals surface area contributed by atoms with Gasteiger partial charge in [-0.3, -0.25) is 0 Å². The average molecular weight is 262 g/mol. The number of pyridine rings is 1. The Morgan fingerprint density at radius 1 is 1.17 bits per heavy atom.